The number of allylic oxidation sites excluding steroid dienone is 1. The third-order valence-electron chi connectivity index (χ3n) is 12.5. The van der Waals surface area contributed by atoms with Crippen molar-refractivity contribution in [3.8, 4) is 0 Å². The highest BCUT2D eigenvalue weighted by molar-refractivity contribution is 5.98. The number of nitrogens with zero attached hydrogens (tertiary/aromatic N) is 1. The van der Waals surface area contributed by atoms with Gasteiger partial charge < -0.3 is 29.0 Å². The number of ketones is 1. The second-order valence-electron chi connectivity index (χ2n) is 14.3. The van der Waals surface area contributed by atoms with Crippen LogP contribution in [0.15, 0.2) is 34.9 Å². The number of aliphatic hydroxyl groups is 1. The van der Waals surface area contributed by atoms with E-state index in [-0.39, 0.29) is 23.6 Å². The molecule has 1 spiro atoms. The lowest BCUT2D eigenvalue weighted by molar-refractivity contribution is -0.224. The summed E-state index contributed by atoms with van der Waals surface area (Å²) in [6.07, 6.45) is 4.07. The van der Waals surface area contributed by atoms with Gasteiger partial charge in [-0.3, -0.25) is 9.59 Å². The van der Waals surface area contributed by atoms with E-state index in [1.54, 1.807) is 20.0 Å². The Morgan fingerprint density at radius 2 is 1.86 bits per heavy atom. The smallest absolute Gasteiger partial charge is 0.410 e. The maximum atomic E-state index is 13.9. The molecule has 0 aromatic rings. The van der Waals surface area contributed by atoms with E-state index in [4.69, 9.17) is 18.9 Å². The third-order valence-corrected chi connectivity index (χ3v) is 12.5. The van der Waals surface area contributed by atoms with Crippen molar-refractivity contribution in [1.29, 1.82) is 0 Å². The van der Waals surface area contributed by atoms with Gasteiger partial charge in [0.05, 0.1) is 11.5 Å². The molecule has 10 nitrogen and oxygen atoms in total. The Labute approximate surface area is 258 Å². The van der Waals surface area contributed by atoms with E-state index in [0.29, 0.717) is 37.8 Å². The largest absolute Gasteiger partial charge is 0.458 e. The van der Waals surface area contributed by atoms with Crippen LogP contribution in [0.3, 0.4) is 0 Å². The highest BCUT2D eigenvalue weighted by atomic mass is 16.7. The van der Waals surface area contributed by atoms with Crippen molar-refractivity contribution >= 4 is 23.8 Å². The minimum atomic E-state index is -1.54. The van der Waals surface area contributed by atoms with Gasteiger partial charge >= 0.3 is 18.0 Å². The first-order valence-corrected chi connectivity index (χ1v) is 15.9. The van der Waals surface area contributed by atoms with Crippen molar-refractivity contribution in [3.05, 3.63) is 34.9 Å². The number of ether oxygens (including phenoxy) is 4. The van der Waals surface area contributed by atoms with Crippen LogP contribution in [-0.2, 0) is 33.3 Å². The van der Waals surface area contributed by atoms with Crippen molar-refractivity contribution in [3.63, 3.8) is 0 Å². The number of cyclic esters (lactones) is 1. The van der Waals surface area contributed by atoms with Gasteiger partial charge in [-0.15, -0.1) is 0 Å². The van der Waals surface area contributed by atoms with Crippen molar-refractivity contribution in [2.24, 2.45) is 28.6 Å². The molecule has 6 aliphatic rings. The molecule has 6 rings (SSSR count). The van der Waals surface area contributed by atoms with Crippen molar-refractivity contribution in [1.82, 2.24) is 4.90 Å². The molecule has 0 aromatic heterocycles. The average Bonchev–Trinajstić information content (AvgIpc) is 3.66. The van der Waals surface area contributed by atoms with Gasteiger partial charge in [0.2, 0.25) is 0 Å². The average molecular weight is 612 g/mol. The summed E-state index contributed by atoms with van der Waals surface area (Å²) >= 11 is 0. The molecular formula is C34H45NO9. The number of rotatable bonds is 5. The quantitative estimate of drug-likeness (QED) is 0.212. The van der Waals surface area contributed by atoms with Crippen LogP contribution < -0.4 is 0 Å². The summed E-state index contributed by atoms with van der Waals surface area (Å²) in [5, 5.41) is 13.1. The minimum Gasteiger partial charge on any atom is -0.458 e. The summed E-state index contributed by atoms with van der Waals surface area (Å²) in [5.41, 5.74) is -1.96. The van der Waals surface area contributed by atoms with Crippen LogP contribution in [0.25, 0.3) is 0 Å². The Morgan fingerprint density at radius 1 is 1.16 bits per heavy atom. The molecule has 3 fully saturated rings. The van der Waals surface area contributed by atoms with E-state index in [1.165, 1.54) is 17.9 Å². The third kappa shape index (κ3) is 3.85. The maximum absolute atomic E-state index is 13.9. The molecule has 0 bridgehead atoms. The lowest BCUT2D eigenvalue weighted by Gasteiger charge is -2.61. The fourth-order valence-electron chi connectivity index (χ4n) is 9.57. The number of epoxide rings is 1. The Kier molecular flexibility index (Phi) is 7.06. The van der Waals surface area contributed by atoms with Crippen molar-refractivity contribution in [2.45, 2.75) is 110 Å². The van der Waals surface area contributed by atoms with Gasteiger partial charge in [0.25, 0.3) is 0 Å². The summed E-state index contributed by atoms with van der Waals surface area (Å²) in [6, 6.07) is 0. The number of esters is 2. The number of hydrogen-bond donors (Lipinski definition) is 1. The van der Waals surface area contributed by atoms with Crippen LogP contribution >= 0.6 is 0 Å². The van der Waals surface area contributed by atoms with E-state index in [0.717, 1.165) is 11.1 Å². The summed E-state index contributed by atoms with van der Waals surface area (Å²) in [7, 11) is 1.66. The summed E-state index contributed by atoms with van der Waals surface area (Å²) in [6.45, 7) is 13.3. The van der Waals surface area contributed by atoms with Crippen LogP contribution in [0.5, 0.6) is 0 Å². The van der Waals surface area contributed by atoms with Crippen LogP contribution in [0.4, 0.5) is 4.79 Å². The second-order valence-corrected chi connectivity index (χ2v) is 14.3. The Hall–Kier alpha value is -2.98. The van der Waals surface area contributed by atoms with Crippen LogP contribution in [0.2, 0.25) is 0 Å². The topological polar surface area (TPSA) is 132 Å². The second kappa shape index (κ2) is 10.0. The monoisotopic (exact) mass is 611 g/mol. The number of fused-ring (bicyclic) bond motifs is 4. The highest BCUT2D eigenvalue weighted by Crippen LogP contribution is 2.74. The van der Waals surface area contributed by atoms with E-state index in [1.807, 2.05) is 40.7 Å². The zero-order valence-corrected chi connectivity index (χ0v) is 27.0. The van der Waals surface area contributed by atoms with Crippen molar-refractivity contribution < 1.29 is 43.2 Å². The summed E-state index contributed by atoms with van der Waals surface area (Å²) in [5.74, 6) is -2.00. The Morgan fingerprint density at radius 3 is 2.50 bits per heavy atom. The molecule has 2 heterocycles. The van der Waals surface area contributed by atoms with E-state index in [9.17, 15) is 24.3 Å². The highest BCUT2D eigenvalue weighted by Gasteiger charge is 2.83. The molecule has 1 N–H and O–H groups in total. The van der Waals surface area contributed by atoms with Gasteiger partial charge in [-0.1, -0.05) is 25.0 Å². The molecule has 2 aliphatic heterocycles. The first-order chi connectivity index (χ1) is 20.6. The predicted molar refractivity (Wildman–Crippen MR) is 158 cm³/mol. The van der Waals surface area contributed by atoms with Gasteiger partial charge in [0.1, 0.15) is 23.4 Å². The van der Waals surface area contributed by atoms with Crippen LogP contribution in [0.1, 0.15) is 74.1 Å². The fraction of sp³-hybridized carbons (Fsp3) is 0.706. The lowest BCUT2D eigenvalue weighted by Crippen LogP contribution is -2.70. The summed E-state index contributed by atoms with van der Waals surface area (Å²) in [4.78, 5) is 53.3. The molecule has 2 saturated carbocycles. The first-order valence-electron chi connectivity index (χ1n) is 15.9. The van der Waals surface area contributed by atoms with Crippen LogP contribution in [0, 0.1) is 28.6 Å². The minimum absolute atomic E-state index is 0.117. The van der Waals surface area contributed by atoms with Crippen LogP contribution in [-0.4, -0.2) is 83.0 Å². The molecule has 4 aliphatic carbocycles. The molecule has 0 aromatic carbocycles. The van der Waals surface area contributed by atoms with E-state index >= 15 is 0 Å². The Bertz CT molecular complexity index is 1410. The van der Waals surface area contributed by atoms with Gasteiger partial charge in [-0.2, -0.15) is 0 Å². The Balaban J connectivity index is 1.38. The van der Waals surface area contributed by atoms with Gasteiger partial charge in [-0.25, -0.2) is 9.59 Å². The van der Waals surface area contributed by atoms with Gasteiger partial charge in [0.15, 0.2) is 11.9 Å². The molecule has 1 saturated heterocycles. The van der Waals surface area contributed by atoms with E-state index < -0.39 is 64.4 Å². The molecule has 0 radical (unpaired) electrons. The number of carbonyl (C=O) groups is 4. The number of hydrogen-bond acceptors (Lipinski definition) is 9. The standard InChI is InChI=1S/C34H45NO9/c1-9-35(8)30(39)43-26-11-10-25(37)32(7)21-12-13-31(6)22(19(4)24-14-17(2)18(3)29(38)42-24)15-27(41-20(5)36)33(31,40)23(21)16-28-34(26,32)44-28/h10-11,15,19,21,23-24,26-28,40H,9,12-14,16H2,1-8H3. The number of carbonyl (C=O) groups excluding carboxylic acids is 4. The number of amides is 1. The zero-order valence-electron chi connectivity index (χ0n) is 27.0. The maximum Gasteiger partial charge on any atom is 0.410 e. The zero-order chi connectivity index (χ0) is 32.1. The molecule has 10 heteroatoms. The van der Waals surface area contributed by atoms with E-state index in [2.05, 4.69) is 0 Å². The molecule has 240 valence electrons. The molecular weight excluding hydrogens is 566 g/mol. The van der Waals surface area contributed by atoms with Gasteiger partial charge in [0, 0.05) is 43.8 Å². The molecule has 1 amide bonds. The fourth-order valence-corrected chi connectivity index (χ4v) is 9.57. The molecule has 11 atom stereocenters. The SMILES string of the molecule is CCN(C)C(=O)OC1C=CC(=O)C2(C)C3CCC4(C)C(C(C)C5CC(C)=C(C)C(=O)O5)=CC(OC(C)=O)C4(O)C3CC3OC132. The molecule has 44 heavy (non-hydrogen) atoms. The molecule has 11 unspecified atom stereocenters. The van der Waals surface area contributed by atoms with Crippen molar-refractivity contribution in [2.75, 3.05) is 13.6 Å². The lowest BCUT2D eigenvalue weighted by atomic mass is 9.42. The summed E-state index contributed by atoms with van der Waals surface area (Å²) < 4.78 is 24.1. The predicted octanol–water partition coefficient (Wildman–Crippen LogP) is 4.05. The van der Waals surface area contributed by atoms with Gasteiger partial charge in [-0.05, 0) is 77.0 Å². The normalized spacial score (nSPS) is 44.3. The first kappa shape index (κ1) is 31.0.